The van der Waals surface area contributed by atoms with Crippen LogP contribution in [0.1, 0.15) is 48.7 Å². The van der Waals surface area contributed by atoms with E-state index in [9.17, 15) is 13.6 Å². The van der Waals surface area contributed by atoms with Gasteiger partial charge in [-0.2, -0.15) is 10.2 Å². The van der Waals surface area contributed by atoms with Crippen LogP contribution in [0.4, 0.5) is 8.78 Å². The third kappa shape index (κ3) is 4.35. The average molecular weight is 406 g/mol. The summed E-state index contributed by atoms with van der Waals surface area (Å²) in [5.74, 6) is -0.0330. The van der Waals surface area contributed by atoms with Crippen LogP contribution in [-0.2, 0) is 17.9 Å². The smallest absolute Gasteiger partial charge is 0.282 e. The van der Waals surface area contributed by atoms with E-state index in [2.05, 4.69) is 15.5 Å². The molecule has 0 unspecified atom stereocenters. The number of aromatic nitrogens is 4. The van der Waals surface area contributed by atoms with Crippen molar-refractivity contribution in [2.24, 2.45) is 0 Å². The molecule has 1 aliphatic carbocycles. The van der Waals surface area contributed by atoms with Gasteiger partial charge in [-0.1, -0.05) is 23.2 Å². The fraction of sp³-hybridized carbons (Fsp3) is 0.562. The van der Waals surface area contributed by atoms with Crippen molar-refractivity contribution in [2.45, 2.75) is 51.6 Å². The minimum atomic E-state index is -2.63. The number of hydrogen-bond donors (Lipinski definition) is 1. The van der Waals surface area contributed by atoms with Crippen LogP contribution < -0.4 is 5.32 Å². The predicted octanol–water partition coefficient (Wildman–Crippen LogP) is 3.72. The molecule has 0 saturated heterocycles. The van der Waals surface area contributed by atoms with Gasteiger partial charge >= 0.3 is 0 Å². The number of rotatable bonds is 8. The number of nitrogens with zero attached hydrogens (tertiary/aromatic N) is 4. The van der Waals surface area contributed by atoms with Crippen LogP contribution in [-0.4, -0.2) is 32.0 Å². The first-order chi connectivity index (χ1) is 12.4. The van der Waals surface area contributed by atoms with Gasteiger partial charge < -0.3 is 5.32 Å². The zero-order valence-electron chi connectivity index (χ0n) is 14.2. The summed E-state index contributed by atoms with van der Waals surface area (Å²) in [4.78, 5) is 12.1. The molecule has 0 radical (unpaired) electrons. The van der Waals surface area contributed by atoms with E-state index in [1.807, 2.05) is 0 Å². The Morgan fingerprint density at radius 2 is 2.08 bits per heavy atom. The summed E-state index contributed by atoms with van der Waals surface area (Å²) in [6.45, 7) is 2.62. The Labute approximate surface area is 159 Å². The van der Waals surface area contributed by atoms with Gasteiger partial charge in [-0.15, -0.1) is 0 Å². The Balaban J connectivity index is 1.49. The van der Waals surface area contributed by atoms with Crippen LogP contribution in [0.2, 0.25) is 10.2 Å². The fourth-order valence-electron chi connectivity index (χ4n) is 2.72. The van der Waals surface area contributed by atoms with E-state index in [1.165, 1.54) is 10.7 Å². The number of carbonyl (C=O) groups excluding carboxylic acids is 1. The monoisotopic (exact) mass is 405 g/mol. The van der Waals surface area contributed by atoms with Gasteiger partial charge in [0.15, 0.2) is 0 Å². The van der Waals surface area contributed by atoms with Gasteiger partial charge in [-0.05, 0) is 32.3 Å². The molecule has 0 aromatic carbocycles. The molecule has 1 aliphatic rings. The predicted molar refractivity (Wildman–Crippen MR) is 93.8 cm³/mol. The highest BCUT2D eigenvalue weighted by Gasteiger charge is 2.30. The topological polar surface area (TPSA) is 64.7 Å². The number of nitrogens with one attached hydrogen (secondary N) is 1. The van der Waals surface area contributed by atoms with Crippen molar-refractivity contribution in [1.29, 1.82) is 0 Å². The molecule has 1 fully saturated rings. The quantitative estimate of drug-likeness (QED) is 0.680. The van der Waals surface area contributed by atoms with Gasteiger partial charge in [0.2, 0.25) is 5.91 Å². The second-order valence-electron chi connectivity index (χ2n) is 6.34. The maximum Gasteiger partial charge on any atom is 0.282 e. The summed E-state index contributed by atoms with van der Waals surface area (Å²) in [5.41, 5.74) is 1.09. The molecule has 0 aliphatic heterocycles. The number of alkyl halides is 2. The van der Waals surface area contributed by atoms with Gasteiger partial charge in [-0.25, -0.2) is 8.78 Å². The Morgan fingerprint density at radius 3 is 2.65 bits per heavy atom. The molecule has 0 spiro atoms. The lowest BCUT2D eigenvalue weighted by molar-refractivity contribution is -0.121. The standard InChI is InChI=1S/C16H19Cl2F2N5O/c1-9-14(17)15(18)24(22-9)6-2-5-21-13(26)8-25-12(10-3-4-10)7-11(23-25)16(19)20/h7,10,16H,2-6,8H2,1H3,(H,21,26). The van der Waals surface area contributed by atoms with E-state index in [0.717, 1.165) is 12.8 Å². The number of halogens is 4. The molecule has 1 amide bonds. The molecule has 0 atom stereocenters. The fourth-order valence-corrected chi connectivity index (χ4v) is 3.12. The van der Waals surface area contributed by atoms with Gasteiger partial charge in [-0.3, -0.25) is 14.2 Å². The highest BCUT2D eigenvalue weighted by molar-refractivity contribution is 6.41. The first-order valence-electron chi connectivity index (χ1n) is 8.37. The van der Waals surface area contributed by atoms with Gasteiger partial charge in [0, 0.05) is 24.7 Å². The summed E-state index contributed by atoms with van der Waals surface area (Å²) in [6, 6.07) is 1.40. The molecular weight excluding hydrogens is 387 g/mol. The summed E-state index contributed by atoms with van der Waals surface area (Å²) in [5, 5.41) is 11.6. The summed E-state index contributed by atoms with van der Waals surface area (Å²) >= 11 is 12.0. The number of amides is 1. The summed E-state index contributed by atoms with van der Waals surface area (Å²) in [6.07, 6.45) is -0.128. The normalized spacial score (nSPS) is 14.2. The van der Waals surface area contributed by atoms with Gasteiger partial charge in [0.05, 0.1) is 5.69 Å². The summed E-state index contributed by atoms with van der Waals surface area (Å²) in [7, 11) is 0. The van der Waals surface area contributed by atoms with Crippen molar-refractivity contribution >= 4 is 29.1 Å². The zero-order chi connectivity index (χ0) is 18.8. The van der Waals surface area contributed by atoms with Crippen molar-refractivity contribution in [3.05, 3.63) is 33.3 Å². The van der Waals surface area contributed by atoms with E-state index >= 15 is 0 Å². The van der Waals surface area contributed by atoms with Gasteiger partial charge in [0.25, 0.3) is 6.43 Å². The molecule has 1 saturated carbocycles. The minimum Gasteiger partial charge on any atom is -0.354 e. The minimum absolute atomic E-state index is 0.0635. The second-order valence-corrected chi connectivity index (χ2v) is 7.08. The maximum atomic E-state index is 12.8. The van der Waals surface area contributed by atoms with E-state index in [1.54, 1.807) is 11.6 Å². The largest absolute Gasteiger partial charge is 0.354 e. The average Bonchev–Trinajstić information content (AvgIpc) is 3.31. The Hall–Kier alpha value is -1.67. The van der Waals surface area contributed by atoms with E-state index < -0.39 is 6.43 Å². The first kappa shape index (κ1) is 19.1. The van der Waals surface area contributed by atoms with Crippen molar-refractivity contribution in [1.82, 2.24) is 24.9 Å². The highest BCUT2D eigenvalue weighted by Crippen LogP contribution is 2.41. The van der Waals surface area contributed by atoms with E-state index in [0.29, 0.717) is 41.1 Å². The molecule has 2 aromatic heterocycles. The number of hydrogen-bond acceptors (Lipinski definition) is 3. The van der Waals surface area contributed by atoms with Crippen molar-refractivity contribution in [3.8, 4) is 0 Å². The van der Waals surface area contributed by atoms with Crippen LogP contribution >= 0.6 is 23.2 Å². The van der Waals surface area contributed by atoms with Crippen molar-refractivity contribution in [2.75, 3.05) is 6.54 Å². The lowest BCUT2D eigenvalue weighted by atomic mass is 10.2. The first-order valence-corrected chi connectivity index (χ1v) is 9.13. The molecule has 0 bridgehead atoms. The van der Waals surface area contributed by atoms with Crippen molar-refractivity contribution < 1.29 is 13.6 Å². The third-order valence-corrected chi connectivity index (χ3v) is 5.14. The molecule has 3 rings (SSSR count). The molecule has 142 valence electrons. The highest BCUT2D eigenvalue weighted by atomic mass is 35.5. The zero-order valence-corrected chi connectivity index (χ0v) is 15.7. The Kier molecular flexibility index (Phi) is 5.82. The Morgan fingerprint density at radius 1 is 1.35 bits per heavy atom. The van der Waals surface area contributed by atoms with Crippen LogP contribution in [0, 0.1) is 6.92 Å². The lowest BCUT2D eigenvalue weighted by Gasteiger charge is -2.08. The molecule has 1 N–H and O–H groups in total. The molecule has 2 aromatic rings. The van der Waals surface area contributed by atoms with E-state index in [-0.39, 0.29) is 24.1 Å². The van der Waals surface area contributed by atoms with Crippen LogP contribution in [0.5, 0.6) is 0 Å². The molecule has 6 nitrogen and oxygen atoms in total. The molecular formula is C16H19Cl2F2N5O. The number of carbonyl (C=O) groups is 1. The van der Waals surface area contributed by atoms with Crippen LogP contribution in [0.15, 0.2) is 6.07 Å². The van der Waals surface area contributed by atoms with E-state index in [4.69, 9.17) is 23.2 Å². The maximum absolute atomic E-state index is 12.8. The molecule has 10 heteroatoms. The van der Waals surface area contributed by atoms with Crippen LogP contribution in [0.3, 0.4) is 0 Å². The SMILES string of the molecule is Cc1nn(CCCNC(=O)Cn2nc(C(F)F)cc2C2CC2)c(Cl)c1Cl. The molecule has 2 heterocycles. The lowest BCUT2D eigenvalue weighted by Crippen LogP contribution is -2.30. The van der Waals surface area contributed by atoms with Crippen LogP contribution in [0.25, 0.3) is 0 Å². The van der Waals surface area contributed by atoms with Gasteiger partial charge in [0.1, 0.15) is 22.4 Å². The molecule has 26 heavy (non-hydrogen) atoms. The summed E-state index contributed by atoms with van der Waals surface area (Å²) < 4.78 is 28.7. The second kappa shape index (κ2) is 7.92. The van der Waals surface area contributed by atoms with Crippen molar-refractivity contribution in [3.63, 3.8) is 0 Å². The Bertz CT molecular complexity index is 801. The number of aryl methyl sites for hydroxylation is 2. The third-order valence-electron chi connectivity index (χ3n) is 4.21.